The lowest BCUT2D eigenvalue weighted by Gasteiger charge is -2.39. The molecule has 2 heterocycles. The van der Waals surface area contributed by atoms with Crippen molar-refractivity contribution in [3.05, 3.63) is 0 Å². The molecule has 0 aromatic rings. The standard InChI is InChI=1S/C9H18N2O/c10-9-6-11(7-9)5-8-1-3-12-4-2-8/h8-9H,1-7,10H2. The molecule has 0 aromatic carbocycles. The Morgan fingerprint density at radius 2 is 1.92 bits per heavy atom. The van der Waals surface area contributed by atoms with E-state index in [-0.39, 0.29) is 0 Å². The van der Waals surface area contributed by atoms with E-state index in [9.17, 15) is 0 Å². The average molecular weight is 170 g/mol. The van der Waals surface area contributed by atoms with Gasteiger partial charge >= 0.3 is 0 Å². The molecule has 0 atom stereocenters. The zero-order valence-electron chi connectivity index (χ0n) is 7.54. The first kappa shape index (κ1) is 8.48. The van der Waals surface area contributed by atoms with Gasteiger partial charge in [0.05, 0.1) is 0 Å². The van der Waals surface area contributed by atoms with Gasteiger partial charge in [0.15, 0.2) is 0 Å². The molecule has 0 radical (unpaired) electrons. The van der Waals surface area contributed by atoms with E-state index in [1.54, 1.807) is 0 Å². The minimum Gasteiger partial charge on any atom is -0.381 e. The van der Waals surface area contributed by atoms with E-state index in [0.29, 0.717) is 6.04 Å². The Balaban J connectivity index is 1.65. The second-order valence-electron chi connectivity index (χ2n) is 4.03. The normalized spacial score (nSPS) is 28.8. The van der Waals surface area contributed by atoms with Crippen molar-refractivity contribution in [2.24, 2.45) is 11.7 Å². The fourth-order valence-corrected chi connectivity index (χ4v) is 2.05. The lowest BCUT2D eigenvalue weighted by Crippen LogP contribution is -2.56. The lowest BCUT2D eigenvalue weighted by molar-refractivity contribution is 0.0379. The molecule has 2 rings (SSSR count). The third-order valence-electron chi connectivity index (χ3n) is 2.84. The van der Waals surface area contributed by atoms with E-state index in [2.05, 4.69) is 4.90 Å². The van der Waals surface area contributed by atoms with Crippen molar-refractivity contribution in [2.45, 2.75) is 18.9 Å². The third kappa shape index (κ3) is 1.97. The van der Waals surface area contributed by atoms with Gasteiger partial charge in [0.2, 0.25) is 0 Å². The Morgan fingerprint density at radius 1 is 1.25 bits per heavy atom. The SMILES string of the molecule is NC1CN(CC2CCOCC2)C1. The van der Waals surface area contributed by atoms with Gasteiger partial charge in [0, 0.05) is 38.9 Å². The van der Waals surface area contributed by atoms with Crippen LogP contribution in [-0.4, -0.2) is 43.8 Å². The molecule has 2 aliphatic heterocycles. The third-order valence-corrected chi connectivity index (χ3v) is 2.84. The van der Waals surface area contributed by atoms with Gasteiger partial charge in [-0.25, -0.2) is 0 Å². The summed E-state index contributed by atoms with van der Waals surface area (Å²) < 4.78 is 5.31. The fourth-order valence-electron chi connectivity index (χ4n) is 2.05. The van der Waals surface area contributed by atoms with Crippen molar-refractivity contribution in [1.82, 2.24) is 4.90 Å². The molecular formula is C9H18N2O. The van der Waals surface area contributed by atoms with Crippen LogP contribution in [0.5, 0.6) is 0 Å². The summed E-state index contributed by atoms with van der Waals surface area (Å²) in [5.41, 5.74) is 5.71. The molecule has 2 N–H and O–H groups in total. The van der Waals surface area contributed by atoms with Crippen LogP contribution in [0.1, 0.15) is 12.8 Å². The van der Waals surface area contributed by atoms with Gasteiger partial charge in [0.25, 0.3) is 0 Å². The number of likely N-dealkylation sites (tertiary alicyclic amines) is 1. The van der Waals surface area contributed by atoms with Crippen LogP contribution in [0.2, 0.25) is 0 Å². The van der Waals surface area contributed by atoms with E-state index < -0.39 is 0 Å². The smallest absolute Gasteiger partial charge is 0.0469 e. The zero-order valence-corrected chi connectivity index (χ0v) is 7.54. The molecule has 0 spiro atoms. The molecule has 0 aliphatic carbocycles. The summed E-state index contributed by atoms with van der Waals surface area (Å²) in [6, 6.07) is 0.449. The number of hydrogen-bond acceptors (Lipinski definition) is 3. The van der Waals surface area contributed by atoms with Gasteiger partial charge in [-0.15, -0.1) is 0 Å². The molecule has 12 heavy (non-hydrogen) atoms. The maximum Gasteiger partial charge on any atom is 0.0469 e. The number of nitrogens with two attached hydrogens (primary N) is 1. The van der Waals surface area contributed by atoms with Crippen molar-refractivity contribution >= 4 is 0 Å². The average Bonchev–Trinajstić information content (AvgIpc) is 2.04. The van der Waals surface area contributed by atoms with Crippen molar-refractivity contribution in [3.8, 4) is 0 Å². The molecule has 2 aliphatic rings. The van der Waals surface area contributed by atoms with E-state index in [1.165, 1.54) is 19.4 Å². The lowest BCUT2D eigenvalue weighted by atomic mass is 9.97. The summed E-state index contributed by atoms with van der Waals surface area (Å²) in [4.78, 5) is 2.46. The molecule has 0 bridgehead atoms. The number of nitrogens with zero attached hydrogens (tertiary/aromatic N) is 1. The van der Waals surface area contributed by atoms with Gasteiger partial charge in [-0.3, -0.25) is 4.90 Å². The first-order chi connectivity index (χ1) is 5.84. The molecule has 3 heteroatoms. The quantitative estimate of drug-likeness (QED) is 0.636. The Hall–Kier alpha value is -0.120. The molecule has 3 nitrogen and oxygen atoms in total. The minimum atomic E-state index is 0.449. The van der Waals surface area contributed by atoms with Crippen LogP contribution < -0.4 is 5.73 Å². The van der Waals surface area contributed by atoms with Crippen LogP contribution in [-0.2, 0) is 4.74 Å². The van der Waals surface area contributed by atoms with Crippen LogP contribution in [0.25, 0.3) is 0 Å². The molecule has 0 unspecified atom stereocenters. The summed E-state index contributed by atoms with van der Waals surface area (Å²) in [6.07, 6.45) is 2.48. The van der Waals surface area contributed by atoms with E-state index in [1.807, 2.05) is 0 Å². The summed E-state index contributed by atoms with van der Waals surface area (Å²) in [7, 11) is 0. The summed E-state index contributed by atoms with van der Waals surface area (Å²) in [5, 5.41) is 0. The number of ether oxygens (including phenoxy) is 1. The second kappa shape index (κ2) is 3.73. The molecule has 2 saturated heterocycles. The minimum absolute atomic E-state index is 0.449. The molecule has 0 aromatic heterocycles. The second-order valence-corrected chi connectivity index (χ2v) is 4.03. The van der Waals surface area contributed by atoms with E-state index >= 15 is 0 Å². The van der Waals surface area contributed by atoms with E-state index in [4.69, 9.17) is 10.5 Å². The maximum atomic E-state index is 5.71. The Bertz CT molecular complexity index is 139. The van der Waals surface area contributed by atoms with Crippen LogP contribution in [0, 0.1) is 5.92 Å². The van der Waals surface area contributed by atoms with Gasteiger partial charge in [-0.05, 0) is 18.8 Å². The van der Waals surface area contributed by atoms with Crippen LogP contribution in [0.4, 0.5) is 0 Å². The molecule has 0 amide bonds. The fraction of sp³-hybridized carbons (Fsp3) is 1.00. The first-order valence-corrected chi connectivity index (χ1v) is 4.90. The van der Waals surface area contributed by atoms with Gasteiger partial charge in [-0.1, -0.05) is 0 Å². The highest BCUT2D eigenvalue weighted by atomic mass is 16.5. The highest BCUT2D eigenvalue weighted by molar-refractivity contribution is 4.84. The molecular weight excluding hydrogens is 152 g/mol. The van der Waals surface area contributed by atoms with E-state index in [0.717, 1.165) is 32.2 Å². The highest BCUT2D eigenvalue weighted by Crippen LogP contribution is 2.18. The van der Waals surface area contributed by atoms with Gasteiger partial charge in [-0.2, -0.15) is 0 Å². The maximum absolute atomic E-state index is 5.71. The predicted octanol–water partition coefficient (Wildman–Crippen LogP) is 0.0559. The van der Waals surface area contributed by atoms with Gasteiger partial charge in [0.1, 0.15) is 0 Å². The summed E-state index contributed by atoms with van der Waals surface area (Å²) in [5.74, 6) is 0.867. The van der Waals surface area contributed by atoms with Gasteiger partial charge < -0.3 is 10.5 Å². The number of hydrogen-bond donors (Lipinski definition) is 1. The zero-order chi connectivity index (χ0) is 8.39. The Kier molecular flexibility index (Phi) is 2.63. The first-order valence-electron chi connectivity index (χ1n) is 4.90. The van der Waals surface area contributed by atoms with Crippen molar-refractivity contribution in [2.75, 3.05) is 32.8 Å². The van der Waals surface area contributed by atoms with Crippen LogP contribution >= 0.6 is 0 Å². The van der Waals surface area contributed by atoms with Crippen molar-refractivity contribution < 1.29 is 4.74 Å². The molecule has 0 saturated carbocycles. The van der Waals surface area contributed by atoms with Crippen LogP contribution in [0.15, 0.2) is 0 Å². The molecule has 70 valence electrons. The van der Waals surface area contributed by atoms with Crippen molar-refractivity contribution in [3.63, 3.8) is 0 Å². The van der Waals surface area contributed by atoms with Crippen molar-refractivity contribution in [1.29, 1.82) is 0 Å². The monoisotopic (exact) mass is 170 g/mol. The number of rotatable bonds is 2. The summed E-state index contributed by atoms with van der Waals surface area (Å²) in [6.45, 7) is 5.39. The molecule has 2 fully saturated rings. The highest BCUT2D eigenvalue weighted by Gasteiger charge is 2.26. The predicted molar refractivity (Wildman–Crippen MR) is 48.0 cm³/mol. The topological polar surface area (TPSA) is 38.5 Å². The largest absolute Gasteiger partial charge is 0.381 e. The van der Waals surface area contributed by atoms with Crippen LogP contribution in [0.3, 0.4) is 0 Å². The Morgan fingerprint density at radius 3 is 2.50 bits per heavy atom. The Labute approximate surface area is 73.9 Å². The summed E-state index contributed by atoms with van der Waals surface area (Å²) >= 11 is 0.